The van der Waals surface area contributed by atoms with Gasteiger partial charge in [-0.15, -0.1) is 23.1 Å². The second-order valence-electron chi connectivity index (χ2n) is 5.77. The van der Waals surface area contributed by atoms with Gasteiger partial charge in [-0.05, 0) is 50.8 Å². The maximum absolute atomic E-state index is 12.3. The van der Waals surface area contributed by atoms with Crippen molar-refractivity contribution >= 4 is 50.8 Å². The summed E-state index contributed by atoms with van der Waals surface area (Å²) in [5, 5.41) is 4.20. The first kappa shape index (κ1) is 17.7. The van der Waals surface area contributed by atoms with Crippen LogP contribution in [0.1, 0.15) is 29.1 Å². The molecule has 0 spiro atoms. The maximum Gasteiger partial charge on any atom is 0.348 e. The Morgan fingerprint density at radius 3 is 2.84 bits per heavy atom. The number of aromatic nitrogens is 2. The van der Waals surface area contributed by atoms with Crippen molar-refractivity contribution in [3.8, 4) is 0 Å². The van der Waals surface area contributed by atoms with Crippen LogP contribution in [-0.4, -0.2) is 28.3 Å². The monoisotopic (exact) mass is 373 g/mol. The summed E-state index contributed by atoms with van der Waals surface area (Å²) in [5.74, 6) is 0.381. The van der Waals surface area contributed by atoms with Gasteiger partial charge in [0.25, 0.3) is 0 Å². The fourth-order valence-electron chi connectivity index (χ4n) is 2.47. The van der Waals surface area contributed by atoms with Crippen LogP contribution in [0.15, 0.2) is 35.5 Å². The number of fused-ring (bicyclic) bond motifs is 1. The summed E-state index contributed by atoms with van der Waals surface area (Å²) < 4.78 is 5.34. The zero-order chi connectivity index (χ0) is 18.0. The molecule has 0 aliphatic heterocycles. The molecule has 0 bridgehead atoms. The van der Waals surface area contributed by atoms with Crippen molar-refractivity contribution in [2.75, 3.05) is 11.6 Å². The number of carbonyl (C=O) groups is 1. The quantitative estimate of drug-likeness (QED) is 0.500. The lowest BCUT2D eigenvalue weighted by Gasteiger charge is -2.09. The molecule has 3 rings (SSSR count). The standard InChI is InChI=1S/C18H19N3O2S2/c1-10(2)23-18(22)15-11(3)14-16(19-9-20-17(14)25-15)21-12-6-5-7-13(8-12)24-4/h5-10H,1-4H3,(H,19,20,21). The van der Waals surface area contributed by atoms with E-state index in [1.807, 2.05) is 39.2 Å². The fourth-order valence-corrected chi connectivity index (χ4v) is 3.96. The molecule has 0 fully saturated rings. The zero-order valence-corrected chi connectivity index (χ0v) is 16.1. The van der Waals surface area contributed by atoms with Gasteiger partial charge in [0.1, 0.15) is 21.9 Å². The van der Waals surface area contributed by atoms with E-state index in [0.29, 0.717) is 10.7 Å². The summed E-state index contributed by atoms with van der Waals surface area (Å²) in [6.45, 7) is 5.58. The number of ether oxygens (including phenoxy) is 1. The fraction of sp³-hybridized carbons (Fsp3) is 0.278. The van der Waals surface area contributed by atoms with Gasteiger partial charge >= 0.3 is 5.97 Å². The molecule has 0 aliphatic carbocycles. The van der Waals surface area contributed by atoms with Crippen LogP contribution in [0.4, 0.5) is 11.5 Å². The predicted octanol–water partition coefficient (Wildman–Crippen LogP) is 5.03. The van der Waals surface area contributed by atoms with E-state index in [4.69, 9.17) is 4.74 Å². The average molecular weight is 374 g/mol. The number of carbonyl (C=O) groups excluding carboxylic acids is 1. The van der Waals surface area contributed by atoms with Crippen molar-refractivity contribution in [1.82, 2.24) is 9.97 Å². The molecule has 0 aliphatic rings. The molecule has 0 radical (unpaired) electrons. The van der Waals surface area contributed by atoms with Crippen LogP contribution >= 0.6 is 23.1 Å². The first-order valence-corrected chi connectivity index (χ1v) is 9.90. The number of thioether (sulfide) groups is 1. The lowest BCUT2D eigenvalue weighted by molar-refractivity contribution is 0.0383. The molecular weight excluding hydrogens is 354 g/mol. The number of nitrogens with zero attached hydrogens (tertiary/aromatic N) is 2. The molecule has 130 valence electrons. The summed E-state index contributed by atoms with van der Waals surface area (Å²) in [6.07, 6.45) is 3.39. The first-order valence-electron chi connectivity index (χ1n) is 7.85. The SMILES string of the molecule is CSc1cccc(Nc2ncnc3sc(C(=O)OC(C)C)c(C)c23)c1. The third-order valence-corrected chi connectivity index (χ3v) is 5.49. The van der Waals surface area contributed by atoms with Crippen LogP contribution in [0.5, 0.6) is 0 Å². The Bertz CT molecular complexity index is 922. The van der Waals surface area contributed by atoms with Crippen LogP contribution in [-0.2, 0) is 4.74 Å². The number of hydrogen-bond donors (Lipinski definition) is 1. The van der Waals surface area contributed by atoms with Crippen LogP contribution in [0, 0.1) is 6.92 Å². The molecule has 3 aromatic rings. The van der Waals surface area contributed by atoms with E-state index < -0.39 is 0 Å². The number of thiophene rings is 1. The smallest absolute Gasteiger partial charge is 0.348 e. The number of hydrogen-bond acceptors (Lipinski definition) is 7. The van der Waals surface area contributed by atoms with E-state index in [1.165, 1.54) is 22.6 Å². The third kappa shape index (κ3) is 3.77. The van der Waals surface area contributed by atoms with Crippen LogP contribution < -0.4 is 5.32 Å². The molecule has 0 unspecified atom stereocenters. The van der Waals surface area contributed by atoms with E-state index >= 15 is 0 Å². The normalized spacial score (nSPS) is 11.1. The number of anilines is 2. The third-order valence-electron chi connectivity index (χ3n) is 3.59. The van der Waals surface area contributed by atoms with Gasteiger partial charge < -0.3 is 10.1 Å². The van der Waals surface area contributed by atoms with Crippen molar-refractivity contribution in [3.05, 3.63) is 41.0 Å². The molecule has 2 heterocycles. The summed E-state index contributed by atoms with van der Waals surface area (Å²) in [6, 6.07) is 8.11. The highest BCUT2D eigenvalue weighted by atomic mass is 32.2. The topological polar surface area (TPSA) is 64.1 Å². The number of aryl methyl sites for hydroxylation is 1. The summed E-state index contributed by atoms with van der Waals surface area (Å²) in [5.41, 5.74) is 1.79. The van der Waals surface area contributed by atoms with Crippen molar-refractivity contribution in [2.45, 2.75) is 31.8 Å². The second kappa shape index (κ2) is 7.41. The summed E-state index contributed by atoms with van der Waals surface area (Å²) in [4.78, 5) is 23.5. The highest BCUT2D eigenvalue weighted by molar-refractivity contribution is 7.98. The molecule has 0 saturated heterocycles. The van der Waals surface area contributed by atoms with Crippen LogP contribution in [0.3, 0.4) is 0 Å². The average Bonchev–Trinajstić information content (AvgIpc) is 2.92. The van der Waals surface area contributed by atoms with Crippen molar-refractivity contribution in [2.24, 2.45) is 0 Å². The number of nitrogens with one attached hydrogen (secondary N) is 1. The van der Waals surface area contributed by atoms with Gasteiger partial charge in [-0.2, -0.15) is 0 Å². The molecule has 0 amide bonds. The van der Waals surface area contributed by atoms with E-state index in [2.05, 4.69) is 27.4 Å². The van der Waals surface area contributed by atoms with Gasteiger partial charge in [0, 0.05) is 10.6 Å². The summed E-state index contributed by atoms with van der Waals surface area (Å²) >= 11 is 3.02. The molecule has 25 heavy (non-hydrogen) atoms. The van der Waals surface area contributed by atoms with Gasteiger partial charge in [0.15, 0.2) is 0 Å². The van der Waals surface area contributed by atoms with Gasteiger partial charge in [0.2, 0.25) is 0 Å². The Morgan fingerprint density at radius 1 is 1.32 bits per heavy atom. The Morgan fingerprint density at radius 2 is 2.12 bits per heavy atom. The Kier molecular flexibility index (Phi) is 5.24. The maximum atomic E-state index is 12.3. The lowest BCUT2D eigenvalue weighted by Crippen LogP contribution is -2.11. The van der Waals surface area contributed by atoms with Gasteiger partial charge in [-0.3, -0.25) is 0 Å². The molecule has 1 N–H and O–H groups in total. The molecule has 2 aromatic heterocycles. The minimum atomic E-state index is -0.314. The van der Waals surface area contributed by atoms with Crippen LogP contribution in [0.2, 0.25) is 0 Å². The molecule has 0 atom stereocenters. The Hall–Kier alpha value is -2.12. The molecular formula is C18H19N3O2S2. The van der Waals surface area contributed by atoms with Gasteiger partial charge in [-0.1, -0.05) is 6.07 Å². The van der Waals surface area contributed by atoms with E-state index in [0.717, 1.165) is 21.5 Å². The Balaban J connectivity index is 2.01. The van der Waals surface area contributed by atoms with Crippen molar-refractivity contribution in [1.29, 1.82) is 0 Å². The minimum absolute atomic E-state index is 0.157. The number of rotatable bonds is 5. The molecule has 5 nitrogen and oxygen atoms in total. The highest BCUT2D eigenvalue weighted by Crippen LogP contribution is 2.35. The van der Waals surface area contributed by atoms with E-state index in [1.54, 1.807) is 11.8 Å². The van der Waals surface area contributed by atoms with E-state index in [-0.39, 0.29) is 12.1 Å². The predicted molar refractivity (Wildman–Crippen MR) is 104 cm³/mol. The molecule has 7 heteroatoms. The van der Waals surface area contributed by atoms with E-state index in [9.17, 15) is 4.79 Å². The number of benzene rings is 1. The lowest BCUT2D eigenvalue weighted by atomic mass is 10.2. The largest absolute Gasteiger partial charge is 0.459 e. The van der Waals surface area contributed by atoms with Crippen LogP contribution in [0.25, 0.3) is 10.2 Å². The number of esters is 1. The summed E-state index contributed by atoms with van der Waals surface area (Å²) in [7, 11) is 0. The Labute approximate surface area is 154 Å². The van der Waals surface area contributed by atoms with Gasteiger partial charge in [-0.25, -0.2) is 14.8 Å². The highest BCUT2D eigenvalue weighted by Gasteiger charge is 2.21. The molecule has 1 aromatic carbocycles. The van der Waals surface area contributed by atoms with Crippen molar-refractivity contribution in [3.63, 3.8) is 0 Å². The first-order chi connectivity index (χ1) is 12.0. The zero-order valence-electron chi connectivity index (χ0n) is 14.5. The second-order valence-corrected chi connectivity index (χ2v) is 7.65. The van der Waals surface area contributed by atoms with Crippen molar-refractivity contribution < 1.29 is 9.53 Å². The molecule has 0 saturated carbocycles. The van der Waals surface area contributed by atoms with Gasteiger partial charge in [0.05, 0.1) is 11.5 Å². The minimum Gasteiger partial charge on any atom is -0.459 e.